The molecule has 1 aromatic heterocycles. The van der Waals surface area contributed by atoms with Crippen molar-refractivity contribution in [3.8, 4) is 17.1 Å². The molecule has 0 unspecified atom stereocenters. The molecule has 0 radical (unpaired) electrons. The number of carbonyl (C=O) groups is 1. The van der Waals surface area contributed by atoms with Gasteiger partial charge in [0.2, 0.25) is 5.95 Å². The summed E-state index contributed by atoms with van der Waals surface area (Å²) in [5.74, 6) is 0.898. The Morgan fingerprint density at radius 2 is 1.85 bits per heavy atom. The highest BCUT2D eigenvalue weighted by atomic mass is 16.6. The molecule has 34 heavy (non-hydrogen) atoms. The molecule has 9 nitrogen and oxygen atoms in total. The minimum absolute atomic E-state index is 0.0534. The van der Waals surface area contributed by atoms with Crippen molar-refractivity contribution in [3.05, 3.63) is 106 Å². The van der Waals surface area contributed by atoms with Gasteiger partial charge in [-0.25, -0.2) is 0 Å². The third kappa shape index (κ3) is 5.33. The Balaban J connectivity index is 1.62. The summed E-state index contributed by atoms with van der Waals surface area (Å²) < 4.78 is 6.37. The van der Waals surface area contributed by atoms with Crippen LogP contribution in [0.1, 0.15) is 15.9 Å². The molecule has 1 heterocycles. The van der Waals surface area contributed by atoms with Crippen molar-refractivity contribution in [2.75, 3.05) is 12.4 Å². The second kappa shape index (κ2) is 10.2. The zero-order valence-electron chi connectivity index (χ0n) is 18.3. The minimum Gasteiger partial charge on any atom is -0.497 e. The van der Waals surface area contributed by atoms with Crippen molar-refractivity contribution < 1.29 is 14.5 Å². The fourth-order valence-corrected chi connectivity index (χ4v) is 3.20. The van der Waals surface area contributed by atoms with Gasteiger partial charge in [0.05, 0.1) is 12.0 Å². The SMILES string of the molecule is COc1ccc(-c2nc(NCc3ccccc3)n(C(=O)C=Cc3cccc([N+](=O)[O-])c3)n2)cc1. The fraction of sp³-hybridized carbons (Fsp3) is 0.0800. The quantitative estimate of drug-likeness (QED) is 0.230. The molecule has 1 N–H and O–H groups in total. The lowest BCUT2D eigenvalue weighted by molar-refractivity contribution is -0.384. The molecule has 0 amide bonds. The smallest absolute Gasteiger partial charge is 0.274 e. The van der Waals surface area contributed by atoms with Crippen LogP contribution in [0, 0.1) is 10.1 Å². The third-order valence-corrected chi connectivity index (χ3v) is 4.96. The number of benzene rings is 3. The monoisotopic (exact) mass is 455 g/mol. The van der Waals surface area contributed by atoms with Crippen molar-refractivity contribution in [1.82, 2.24) is 14.8 Å². The molecule has 4 rings (SSSR count). The lowest BCUT2D eigenvalue weighted by Gasteiger charge is -2.05. The number of nitro benzene ring substituents is 1. The van der Waals surface area contributed by atoms with Gasteiger partial charge >= 0.3 is 0 Å². The van der Waals surface area contributed by atoms with E-state index in [1.54, 1.807) is 31.4 Å². The Labute approximate surface area is 195 Å². The number of hydrogen-bond donors (Lipinski definition) is 1. The summed E-state index contributed by atoms with van der Waals surface area (Å²) >= 11 is 0. The number of anilines is 1. The molecule has 0 saturated heterocycles. The van der Waals surface area contributed by atoms with E-state index in [0.29, 0.717) is 23.7 Å². The molecule has 3 aromatic carbocycles. The number of allylic oxidation sites excluding steroid dienone is 1. The molecule has 0 fully saturated rings. The van der Waals surface area contributed by atoms with Gasteiger partial charge in [-0.3, -0.25) is 14.9 Å². The van der Waals surface area contributed by atoms with Crippen LogP contribution >= 0.6 is 0 Å². The summed E-state index contributed by atoms with van der Waals surface area (Å²) in [6.07, 6.45) is 2.81. The molecule has 0 aliphatic rings. The highest BCUT2D eigenvalue weighted by Crippen LogP contribution is 2.22. The standard InChI is InChI=1S/C25H21N5O4/c1-34-22-13-11-20(12-14-22)24-27-25(26-17-19-6-3-2-4-7-19)29(28-24)23(31)15-10-18-8-5-9-21(16-18)30(32)33/h2-16H,17H2,1H3,(H,26,27,28). The van der Waals surface area contributed by atoms with E-state index in [2.05, 4.69) is 15.4 Å². The van der Waals surface area contributed by atoms with Gasteiger partial charge in [0.15, 0.2) is 5.82 Å². The number of rotatable bonds is 8. The van der Waals surface area contributed by atoms with Crippen LogP contribution in [0.4, 0.5) is 11.6 Å². The van der Waals surface area contributed by atoms with Crippen molar-refractivity contribution in [3.63, 3.8) is 0 Å². The fourth-order valence-electron chi connectivity index (χ4n) is 3.20. The van der Waals surface area contributed by atoms with Crippen molar-refractivity contribution in [2.45, 2.75) is 6.54 Å². The maximum atomic E-state index is 13.0. The van der Waals surface area contributed by atoms with E-state index in [-0.39, 0.29) is 11.6 Å². The first-order valence-electron chi connectivity index (χ1n) is 10.4. The second-order valence-electron chi connectivity index (χ2n) is 7.26. The summed E-state index contributed by atoms with van der Waals surface area (Å²) in [6, 6.07) is 22.9. The number of non-ortho nitro benzene ring substituents is 1. The number of hydrogen-bond acceptors (Lipinski definition) is 7. The van der Waals surface area contributed by atoms with Crippen molar-refractivity contribution >= 4 is 23.6 Å². The molecule has 4 aromatic rings. The number of carbonyl (C=O) groups excluding carboxylic acids is 1. The van der Waals surface area contributed by atoms with E-state index in [0.717, 1.165) is 11.1 Å². The largest absolute Gasteiger partial charge is 0.497 e. The van der Waals surface area contributed by atoms with Crippen LogP contribution in [0.2, 0.25) is 0 Å². The van der Waals surface area contributed by atoms with Gasteiger partial charge in [0.1, 0.15) is 5.75 Å². The minimum atomic E-state index is -0.483. The summed E-state index contributed by atoms with van der Waals surface area (Å²) in [5.41, 5.74) is 2.21. The average Bonchev–Trinajstić information content (AvgIpc) is 3.31. The number of methoxy groups -OCH3 is 1. The third-order valence-electron chi connectivity index (χ3n) is 4.96. The Morgan fingerprint density at radius 3 is 2.56 bits per heavy atom. The van der Waals surface area contributed by atoms with Crippen molar-refractivity contribution in [2.24, 2.45) is 0 Å². The molecule has 0 atom stereocenters. The number of nitrogens with zero attached hydrogens (tertiary/aromatic N) is 4. The highest BCUT2D eigenvalue weighted by molar-refractivity contribution is 5.95. The molecular formula is C25H21N5O4. The predicted octanol–water partition coefficient (Wildman–Crippen LogP) is 4.83. The number of ether oxygens (including phenoxy) is 1. The zero-order chi connectivity index (χ0) is 23.9. The van der Waals surface area contributed by atoms with Crippen LogP contribution in [0.15, 0.2) is 84.9 Å². The van der Waals surface area contributed by atoms with Crippen LogP contribution in [-0.4, -0.2) is 32.7 Å². The zero-order valence-corrected chi connectivity index (χ0v) is 18.3. The lowest BCUT2D eigenvalue weighted by Crippen LogP contribution is -2.14. The van der Waals surface area contributed by atoms with E-state index in [4.69, 9.17) is 4.74 Å². The predicted molar refractivity (Wildman–Crippen MR) is 129 cm³/mol. The maximum Gasteiger partial charge on any atom is 0.274 e. The summed E-state index contributed by atoms with van der Waals surface area (Å²) in [4.78, 5) is 28.0. The molecule has 0 saturated carbocycles. The van der Waals surface area contributed by atoms with Crippen LogP contribution in [0.5, 0.6) is 5.75 Å². The molecule has 9 heteroatoms. The normalized spacial score (nSPS) is 10.9. The Kier molecular flexibility index (Phi) is 6.73. The summed E-state index contributed by atoms with van der Waals surface area (Å²) in [6.45, 7) is 0.448. The highest BCUT2D eigenvalue weighted by Gasteiger charge is 2.16. The van der Waals surface area contributed by atoms with E-state index >= 15 is 0 Å². The molecule has 0 bridgehead atoms. The molecular weight excluding hydrogens is 434 g/mol. The van der Waals surface area contributed by atoms with E-state index < -0.39 is 10.8 Å². The van der Waals surface area contributed by atoms with Gasteiger partial charge in [0.25, 0.3) is 11.6 Å². The van der Waals surface area contributed by atoms with Crippen LogP contribution < -0.4 is 10.1 Å². The van der Waals surface area contributed by atoms with Crippen LogP contribution in [-0.2, 0) is 6.54 Å². The first-order valence-corrected chi connectivity index (χ1v) is 10.4. The lowest BCUT2D eigenvalue weighted by atomic mass is 10.2. The number of nitrogens with one attached hydrogen (secondary N) is 1. The van der Waals surface area contributed by atoms with E-state index in [1.807, 2.05) is 42.5 Å². The second-order valence-corrected chi connectivity index (χ2v) is 7.26. The summed E-state index contributed by atoms with van der Waals surface area (Å²) in [7, 11) is 1.58. The van der Waals surface area contributed by atoms with Gasteiger partial charge in [0, 0.05) is 30.3 Å². The van der Waals surface area contributed by atoms with Gasteiger partial charge in [-0.1, -0.05) is 42.5 Å². The molecule has 0 aliphatic heterocycles. The molecule has 0 spiro atoms. The van der Waals surface area contributed by atoms with Gasteiger partial charge in [-0.2, -0.15) is 9.67 Å². The topological polar surface area (TPSA) is 112 Å². The Hall–Kier alpha value is -4.79. The first kappa shape index (κ1) is 22.4. The number of nitro groups is 1. The Bertz CT molecular complexity index is 1330. The van der Waals surface area contributed by atoms with Crippen LogP contribution in [0.3, 0.4) is 0 Å². The van der Waals surface area contributed by atoms with E-state index in [1.165, 1.54) is 29.0 Å². The Morgan fingerprint density at radius 1 is 1.09 bits per heavy atom. The summed E-state index contributed by atoms with van der Waals surface area (Å²) in [5, 5.41) is 18.6. The first-order chi connectivity index (χ1) is 16.5. The van der Waals surface area contributed by atoms with E-state index in [9.17, 15) is 14.9 Å². The molecule has 0 aliphatic carbocycles. The number of aromatic nitrogens is 3. The van der Waals surface area contributed by atoms with Crippen LogP contribution in [0.25, 0.3) is 17.5 Å². The average molecular weight is 455 g/mol. The van der Waals surface area contributed by atoms with Gasteiger partial charge < -0.3 is 10.1 Å². The van der Waals surface area contributed by atoms with Crippen molar-refractivity contribution in [1.29, 1.82) is 0 Å². The maximum absolute atomic E-state index is 13.0. The molecule has 170 valence electrons. The van der Waals surface area contributed by atoms with Gasteiger partial charge in [-0.05, 0) is 41.5 Å². The van der Waals surface area contributed by atoms with Gasteiger partial charge in [-0.15, -0.1) is 5.10 Å².